The minimum absolute atomic E-state index is 0.131. The number of piperazine rings is 1. The molecule has 0 unspecified atom stereocenters. The first-order chi connectivity index (χ1) is 16.1. The molecule has 0 aromatic heterocycles. The Morgan fingerprint density at radius 1 is 0.909 bits per heavy atom. The summed E-state index contributed by atoms with van der Waals surface area (Å²) in [5, 5.41) is 6.46. The number of nitrogens with zero attached hydrogens (tertiary/aromatic N) is 1. The van der Waals surface area contributed by atoms with Crippen LogP contribution in [0.5, 0.6) is 11.5 Å². The van der Waals surface area contributed by atoms with E-state index in [1.807, 2.05) is 12.1 Å². The number of likely N-dealkylation sites (N-methyl/N-ethyl adjacent to an activating group) is 1. The zero-order chi connectivity index (χ0) is 22.7. The fraction of sp³-hybridized carbons (Fsp3) is 0.296. The molecule has 3 aromatic rings. The molecule has 0 spiro atoms. The highest BCUT2D eigenvalue weighted by atomic mass is 16.7. The Morgan fingerprint density at radius 3 is 2.39 bits per heavy atom. The zero-order valence-corrected chi connectivity index (χ0v) is 19.0. The molecule has 0 radical (unpaired) electrons. The number of carbonyl (C=O) groups excluding carboxylic acids is 1. The van der Waals surface area contributed by atoms with Crippen LogP contribution >= 0.6 is 0 Å². The lowest BCUT2D eigenvalue weighted by molar-refractivity contribution is -0.924. The third kappa shape index (κ3) is 5.02. The van der Waals surface area contributed by atoms with Crippen molar-refractivity contribution in [2.75, 3.05) is 40.0 Å². The molecule has 1 saturated heterocycles. The van der Waals surface area contributed by atoms with Crippen molar-refractivity contribution in [3.05, 3.63) is 83.4 Å². The van der Waals surface area contributed by atoms with E-state index in [0.717, 1.165) is 48.3 Å². The van der Waals surface area contributed by atoms with Gasteiger partial charge in [0, 0.05) is 30.8 Å². The summed E-state index contributed by atoms with van der Waals surface area (Å²) in [6.07, 6.45) is 0. The number of nitrogens with one attached hydrogen (secondary N) is 2. The number of quaternary nitrogens is 1. The quantitative estimate of drug-likeness (QED) is 0.571. The second-order valence-corrected chi connectivity index (χ2v) is 9.13. The summed E-state index contributed by atoms with van der Waals surface area (Å²) >= 11 is 0. The van der Waals surface area contributed by atoms with Crippen LogP contribution in [-0.4, -0.2) is 50.4 Å². The Hall–Kier alpha value is -3.35. The molecular formula is C27H30N3O3+. The van der Waals surface area contributed by atoms with E-state index in [4.69, 9.17) is 9.47 Å². The summed E-state index contributed by atoms with van der Waals surface area (Å²) in [5.41, 5.74) is 5.35. The van der Waals surface area contributed by atoms with Gasteiger partial charge < -0.3 is 24.6 Å². The van der Waals surface area contributed by atoms with Crippen LogP contribution in [0.4, 0.5) is 0 Å². The summed E-state index contributed by atoms with van der Waals surface area (Å²) in [5.74, 6) is 1.16. The average molecular weight is 445 g/mol. The molecule has 0 bridgehead atoms. The van der Waals surface area contributed by atoms with E-state index in [1.165, 1.54) is 11.1 Å². The normalized spacial score (nSPS) is 16.4. The predicted octanol–water partition coefficient (Wildman–Crippen LogP) is 3.56. The molecule has 0 atom stereocenters. The number of ether oxygens (including phenoxy) is 2. The van der Waals surface area contributed by atoms with Crippen molar-refractivity contribution in [2.45, 2.75) is 13.1 Å². The van der Waals surface area contributed by atoms with Crippen molar-refractivity contribution in [2.24, 2.45) is 0 Å². The molecular weight excluding hydrogens is 414 g/mol. The van der Waals surface area contributed by atoms with Gasteiger partial charge in [0.1, 0.15) is 6.54 Å². The lowest BCUT2D eigenvalue weighted by atomic mass is 10.0. The maximum Gasteiger partial charge on any atom is 0.251 e. The number of rotatable bonds is 6. The summed E-state index contributed by atoms with van der Waals surface area (Å²) in [6.45, 7) is 6.17. The maximum absolute atomic E-state index is 12.6. The maximum atomic E-state index is 12.6. The van der Waals surface area contributed by atoms with E-state index in [0.29, 0.717) is 23.6 Å². The van der Waals surface area contributed by atoms with E-state index in [-0.39, 0.29) is 12.7 Å². The topological polar surface area (TPSA) is 59.6 Å². The summed E-state index contributed by atoms with van der Waals surface area (Å²) < 4.78 is 11.8. The van der Waals surface area contributed by atoms with E-state index >= 15 is 0 Å². The van der Waals surface area contributed by atoms with Crippen LogP contribution in [0.3, 0.4) is 0 Å². The lowest BCUT2D eigenvalue weighted by Crippen LogP contribution is -2.55. The van der Waals surface area contributed by atoms with Gasteiger partial charge in [-0.25, -0.2) is 0 Å². The van der Waals surface area contributed by atoms with Crippen molar-refractivity contribution in [1.82, 2.24) is 10.6 Å². The molecule has 1 fully saturated rings. The Kier molecular flexibility index (Phi) is 6.03. The molecule has 0 saturated carbocycles. The molecule has 5 rings (SSSR count). The number of carbonyl (C=O) groups is 1. The molecule has 33 heavy (non-hydrogen) atoms. The Balaban J connectivity index is 1.26. The molecule has 170 valence electrons. The second-order valence-electron chi connectivity index (χ2n) is 9.13. The Bertz CT molecular complexity index is 1150. The largest absolute Gasteiger partial charge is 0.454 e. The Labute approximate surface area is 194 Å². The molecule has 6 nitrogen and oxygen atoms in total. The van der Waals surface area contributed by atoms with Gasteiger partial charge >= 0.3 is 0 Å². The van der Waals surface area contributed by atoms with Crippen LogP contribution in [0.25, 0.3) is 11.1 Å². The molecule has 1 amide bonds. The van der Waals surface area contributed by atoms with Crippen molar-refractivity contribution in [3.8, 4) is 22.6 Å². The third-order valence-electron chi connectivity index (χ3n) is 6.50. The fourth-order valence-corrected chi connectivity index (χ4v) is 4.57. The highest BCUT2D eigenvalue weighted by Gasteiger charge is 2.24. The van der Waals surface area contributed by atoms with E-state index in [2.05, 4.69) is 54.1 Å². The third-order valence-corrected chi connectivity index (χ3v) is 6.50. The zero-order valence-electron chi connectivity index (χ0n) is 19.0. The van der Waals surface area contributed by atoms with E-state index < -0.39 is 0 Å². The molecule has 2 aliphatic heterocycles. The van der Waals surface area contributed by atoms with Crippen molar-refractivity contribution >= 4 is 5.91 Å². The predicted molar refractivity (Wildman–Crippen MR) is 128 cm³/mol. The van der Waals surface area contributed by atoms with Gasteiger partial charge in [0.15, 0.2) is 11.5 Å². The summed E-state index contributed by atoms with van der Waals surface area (Å²) in [4.78, 5) is 12.6. The van der Waals surface area contributed by atoms with Crippen molar-refractivity contribution in [3.63, 3.8) is 0 Å². The van der Waals surface area contributed by atoms with Crippen molar-refractivity contribution in [1.29, 1.82) is 0 Å². The summed E-state index contributed by atoms with van der Waals surface area (Å²) in [6, 6.07) is 22.5. The number of hydrogen-bond acceptors (Lipinski definition) is 4. The van der Waals surface area contributed by atoms with E-state index in [9.17, 15) is 4.79 Å². The van der Waals surface area contributed by atoms with Crippen LogP contribution in [-0.2, 0) is 13.1 Å². The second kappa shape index (κ2) is 9.25. The number of hydrogen-bond donors (Lipinski definition) is 2. The van der Waals surface area contributed by atoms with Gasteiger partial charge in [-0.05, 0) is 47.0 Å². The molecule has 3 aromatic carbocycles. The standard InChI is InChI=1S/C27H29N3O3/c1-30(12-10-28-11-13-30)18-21-5-3-7-23(15-21)22-6-2-4-20(14-22)17-29-27(31)24-8-9-25-26(16-24)33-19-32-25/h2-9,14-16,28H,10-13,17-19H2,1H3/p+1. The van der Waals surface area contributed by atoms with Gasteiger partial charge in [0.05, 0.1) is 20.1 Å². The molecule has 2 N–H and O–H groups in total. The lowest BCUT2D eigenvalue weighted by Gasteiger charge is -2.38. The first-order valence-electron chi connectivity index (χ1n) is 11.5. The van der Waals surface area contributed by atoms with Crippen LogP contribution in [0, 0.1) is 0 Å². The molecule has 6 heteroatoms. The van der Waals surface area contributed by atoms with Gasteiger partial charge in [-0.2, -0.15) is 0 Å². The SMILES string of the molecule is C[N+]1(Cc2cccc(-c3cccc(CNC(=O)c4ccc5c(c4)OCO5)c3)c2)CCNCC1. The highest BCUT2D eigenvalue weighted by molar-refractivity contribution is 5.94. The fourth-order valence-electron chi connectivity index (χ4n) is 4.57. The van der Waals surface area contributed by atoms with Crippen LogP contribution in [0.2, 0.25) is 0 Å². The van der Waals surface area contributed by atoms with Gasteiger partial charge in [0.25, 0.3) is 5.91 Å². The van der Waals surface area contributed by atoms with Gasteiger partial charge in [-0.3, -0.25) is 4.79 Å². The monoisotopic (exact) mass is 444 g/mol. The molecule has 2 heterocycles. The molecule has 2 aliphatic rings. The number of benzene rings is 3. The van der Waals surface area contributed by atoms with Gasteiger partial charge in [-0.15, -0.1) is 0 Å². The smallest absolute Gasteiger partial charge is 0.251 e. The van der Waals surface area contributed by atoms with Gasteiger partial charge in [0.2, 0.25) is 6.79 Å². The first-order valence-corrected chi connectivity index (χ1v) is 11.5. The average Bonchev–Trinajstić information content (AvgIpc) is 3.31. The summed E-state index contributed by atoms with van der Waals surface area (Å²) in [7, 11) is 2.34. The minimum Gasteiger partial charge on any atom is -0.454 e. The number of amides is 1. The molecule has 0 aliphatic carbocycles. The highest BCUT2D eigenvalue weighted by Crippen LogP contribution is 2.32. The van der Waals surface area contributed by atoms with Crippen LogP contribution in [0.1, 0.15) is 21.5 Å². The number of fused-ring (bicyclic) bond motifs is 1. The minimum atomic E-state index is -0.131. The first kappa shape index (κ1) is 21.5. The van der Waals surface area contributed by atoms with Crippen molar-refractivity contribution < 1.29 is 18.8 Å². The van der Waals surface area contributed by atoms with Crippen LogP contribution < -0.4 is 20.1 Å². The van der Waals surface area contributed by atoms with Crippen LogP contribution in [0.15, 0.2) is 66.7 Å². The van der Waals surface area contributed by atoms with E-state index in [1.54, 1.807) is 18.2 Å². The van der Waals surface area contributed by atoms with Gasteiger partial charge in [-0.1, -0.05) is 36.4 Å². The Morgan fingerprint density at radius 2 is 1.61 bits per heavy atom.